The van der Waals surface area contributed by atoms with Gasteiger partial charge in [-0.15, -0.1) is 11.3 Å². The molecule has 0 spiro atoms. The monoisotopic (exact) mass is 301 g/mol. The smallest absolute Gasteiger partial charge is 0.241 e. The maximum atomic E-state index is 11.9. The summed E-state index contributed by atoms with van der Waals surface area (Å²) in [4.78, 5) is 0.845. The third-order valence-electron chi connectivity index (χ3n) is 2.51. The van der Waals surface area contributed by atoms with Gasteiger partial charge in [-0.25, -0.2) is 13.1 Å². The van der Waals surface area contributed by atoms with Crippen molar-refractivity contribution in [2.45, 2.75) is 24.5 Å². The molecule has 0 aromatic carbocycles. The van der Waals surface area contributed by atoms with Gasteiger partial charge in [0.05, 0.1) is 11.5 Å². The molecule has 104 valence electrons. The Bertz CT molecular complexity index is 605. The van der Waals surface area contributed by atoms with E-state index in [0.29, 0.717) is 24.4 Å². The molecule has 0 saturated heterocycles. The molecule has 0 radical (unpaired) electrons. The Hall–Kier alpha value is -1.22. The van der Waals surface area contributed by atoms with Crippen molar-refractivity contribution in [1.29, 1.82) is 0 Å². The van der Waals surface area contributed by atoms with Gasteiger partial charge in [-0.2, -0.15) is 5.10 Å². The Morgan fingerprint density at radius 2 is 2.32 bits per heavy atom. The van der Waals surface area contributed by atoms with Crippen molar-refractivity contribution in [3.63, 3.8) is 0 Å². The molecule has 0 atom stereocenters. The molecule has 0 aliphatic heterocycles. The Morgan fingerprint density at radius 1 is 1.47 bits per heavy atom. The van der Waals surface area contributed by atoms with Crippen LogP contribution in [0.15, 0.2) is 34.8 Å². The molecule has 0 aliphatic rings. The van der Waals surface area contributed by atoms with Crippen LogP contribution in [-0.4, -0.2) is 29.8 Å². The first-order chi connectivity index (χ1) is 9.12. The molecule has 2 heterocycles. The highest BCUT2D eigenvalue weighted by Crippen LogP contribution is 2.18. The van der Waals surface area contributed by atoms with Crippen LogP contribution in [0.3, 0.4) is 0 Å². The second kappa shape index (κ2) is 6.29. The number of aryl methyl sites for hydroxylation is 1. The minimum atomic E-state index is -3.47. The maximum absolute atomic E-state index is 11.9. The number of aliphatic hydroxyl groups is 1. The first kappa shape index (κ1) is 14.2. The Morgan fingerprint density at radius 3 is 2.95 bits per heavy atom. The predicted molar refractivity (Wildman–Crippen MR) is 72.3 cm³/mol. The van der Waals surface area contributed by atoms with E-state index < -0.39 is 10.0 Å². The predicted octanol–water partition coefficient (Wildman–Crippen LogP) is 0.805. The van der Waals surface area contributed by atoms with Crippen molar-refractivity contribution in [2.75, 3.05) is 6.54 Å². The molecule has 0 bridgehead atoms. The van der Waals surface area contributed by atoms with Crippen LogP contribution in [0.1, 0.15) is 11.3 Å². The highest BCUT2D eigenvalue weighted by atomic mass is 32.2. The lowest BCUT2D eigenvalue weighted by atomic mass is 10.4. The van der Waals surface area contributed by atoms with Crippen LogP contribution in [0.2, 0.25) is 0 Å². The number of aromatic nitrogens is 2. The van der Waals surface area contributed by atoms with E-state index in [1.807, 2.05) is 12.3 Å². The average molecular weight is 301 g/mol. The van der Waals surface area contributed by atoms with Gasteiger partial charge in [-0.05, 0) is 18.6 Å². The van der Waals surface area contributed by atoms with Crippen molar-refractivity contribution in [3.8, 4) is 0 Å². The summed E-state index contributed by atoms with van der Waals surface area (Å²) in [6.45, 7) is 0.882. The van der Waals surface area contributed by atoms with E-state index in [1.54, 1.807) is 10.9 Å². The molecule has 2 aromatic heterocycles. The zero-order valence-corrected chi connectivity index (χ0v) is 11.8. The highest BCUT2D eigenvalue weighted by molar-refractivity contribution is 7.89. The molecule has 6 nitrogen and oxygen atoms in total. The first-order valence-corrected chi connectivity index (χ1v) is 8.13. The van der Waals surface area contributed by atoms with Crippen molar-refractivity contribution < 1.29 is 13.5 Å². The molecular formula is C11H15N3O3S2. The van der Waals surface area contributed by atoms with Crippen LogP contribution >= 0.6 is 11.3 Å². The summed E-state index contributed by atoms with van der Waals surface area (Å²) >= 11 is 1.23. The van der Waals surface area contributed by atoms with Gasteiger partial charge in [-0.1, -0.05) is 0 Å². The molecule has 8 heteroatoms. The van der Waals surface area contributed by atoms with Crippen molar-refractivity contribution in [3.05, 3.63) is 34.8 Å². The summed E-state index contributed by atoms with van der Waals surface area (Å²) in [6.07, 6.45) is 4.19. The van der Waals surface area contributed by atoms with Gasteiger partial charge >= 0.3 is 0 Å². The van der Waals surface area contributed by atoms with Crippen molar-refractivity contribution in [1.82, 2.24) is 14.5 Å². The lowest BCUT2D eigenvalue weighted by Gasteiger charge is -2.05. The van der Waals surface area contributed by atoms with Crippen LogP contribution in [0.5, 0.6) is 0 Å². The average Bonchev–Trinajstić information content (AvgIpc) is 3.05. The molecule has 0 fully saturated rings. The molecule has 0 amide bonds. The minimum absolute atomic E-state index is 0.139. The largest absolute Gasteiger partial charge is 0.391 e. The number of hydrogen-bond donors (Lipinski definition) is 2. The third kappa shape index (κ3) is 3.87. The normalized spacial score (nSPS) is 11.8. The Kier molecular flexibility index (Phi) is 4.70. The standard InChI is InChI=1S/C11H15N3O3S2/c15-8-10-7-11(9-18-10)19(16,17)13-4-2-6-14-5-1-3-12-14/h1,3,5,7,9,13,15H,2,4,6,8H2. The Balaban J connectivity index is 1.84. The molecule has 0 aliphatic carbocycles. The van der Waals surface area contributed by atoms with E-state index in [2.05, 4.69) is 9.82 Å². The van der Waals surface area contributed by atoms with Crippen LogP contribution in [-0.2, 0) is 23.2 Å². The van der Waals surface area contributed by atoms with Gasteiger partial charge in [0, 0.05) is 35.7 Å². The van der Waals surface area contributed by atoms with E-state index >= 15 is 0 Å². The molecule has 2 rings (SSSR count). The number of rotatable bonds is 7. The van der Waals surface area contributed by atoms with E-state index in [1.165, 1.54) is 22.8 Å². The molecule has 2 aromatic rings. The fourth-order valence-electron chi connectivity index (χ4n) is 1.55. The van der Waals surface area contributed by atoms with Crippen molar-refractivity contribution >= 4 is 21.4 Å². The van der Waals surface area contributed by atoms with Gasteiger partial charge in [0.15, 0.2) is 0 Å². The van der Waals surface area contributed by atoms with Crippen molar-refractivity contribution in [2.24, 2.45) is 0 Å². The second-order valence-corrected chi connectivity index (χ2v) is 6.69. The van der Waals surface area contributed by atoms with E-state index in [9.17, 15) is 8.42 Å². The zero-order chi connectivity index (χ0) is 13.7. The number of aliphatic hydroxyl groups excluding tert-OH is 1. The summed E-state index contributed by atoms with van der Waals surface area (Å²) in [5, 5.41) is 14.5. The summed E-state index contributed by atoms with van der Waals surface area (Å²) in [5.74, 6) is 0. The van der Waals surface area contributed by atoms with Crippen LogP contribution in [0, 0.1) is 0 Å². The van der Waals surface area contributed by atoms with Crippen LogP contribution in [0.25, 0.3) is 0 Å². The van der Waals surface area contributed by atoms with Gasteiger partial charge < -0.3 is 5.11 Å². The van der Waals surface area contributed by atoms with Gasteiger partial charge in [-0.3, -0.25) is 4.68 Å². The fraction of sp³-hybridized carbons (Fsp3) is 0.364. The fourth-order valence-corrected chi connectivity index (χ4v) is 3.76. The summed E-state index contributed by atoms with van der Waals surface area (Å²) in [7, 11) is -3.47. The number of sulfonamides is 1. The SMILES string of the molecule is O=S(=O)(NCCCn1cccn1)c1csc(CO)c1. The summed E-state index contributed by atoms with van der Waals surface area (Å²) < 4.78 is 28.1. The highest BCUT2D eigenvalue weighted by Gasteiger charge is 2.15. The quantitative estimate of drug-likeness (QED) is 0.741. The third-order valence-corrected chi connectivity index (χ3v) is 5.02. The maximum Gasteiger partial charge on any atom is 0.241 e. The lowest BCUT2D eigenvalue weighted by Crippen LogP contribution is -2.25. The van der Waals surface area contributed by atoms with Gasteiger partial charge in [0.2, 0.25) is 10.0 Å². The number of nitrogens with zero attached hydrogens (tertiary/aromatic N) is 2. The molecule has 0 unspecified atom stereocenters. The van der Waals surface area contributed by atoms with E-state index in [-0.39, 0.29) is 11.5 Å². The second-order valence-electron chi connectivity index (χ2n) is 3.93. The van der Waals surface area contributed by atoms with Gasteiger partial charge in [0.25, 0.3) is 0 Å². The zero-order valence-electron chi connectivity index (χ0n) is 10.2. The van der Waals surface area contributed by atoms with Crippen LogP contribution in [0.4, 0.5) is 0 Å². The number of thiophene rings is 1. The van der Waals surface area contributed by atoms with E-state index in [4.69, 9.17) is 5.11 Å². The van der Waals surface area contributed by atoms with E-state index in [0.717, 1.165) is 0 Å². The Labute approximate surface area is 115 Å². The summed E-state index contributed by atoms with van der Waals surface area (Å²) in [6, 6.07) is 3.31. The summed E-state index contributed by atoms with van der Waals surface area (Å²) in [5.41, 5.74) is 0. The van der Waals surface area contributed by atoms with Crippen LogP contribution < -0.4 is 4.72 Å². The lowest BCUT2D eigenvalue weighted by molar-refractivity contribution is 0.285. The topological polar surface area (TPSA) is 84.2 Å². The minimum Gasteiger partial charge on any atom is -0.391 e. The molecule has 2 N–H and O–H groups in total. The molecule has 19 heavy (non-hydrogen) atoms. The number of nitrogens with one attached hydrogen (secondary N) is 1. The van der Waals surface area contributed by atoms with Gasteiger partial charge in [0.1, 0.15) is 0 Å². The molecule has 0 saturated carbocycles. The first-order valence-electron chi connectivity index (χ1n) is 5.77. The number of hydrogen-bond acceptors (Lipinski definition) is 5. The molecular weight excluding hydrogens is 286 g/mol.